The summed E-state index contributed by atoms with van der Waals surface area (Å²) in [5, 5.41) is 13.9. The molecule has 1 aliphatic heterocycles. The Balaban J connectivity index is 1.73. The summed E-state index contributed by atoms with van der Waals surface area (Å²) in [4.78, 5) is 12.5. The third-order valence-electron chi connectivity index (χ3n) is 4.23. The number of rotatable bonds is 4. The lowest BCUT2D eigenvalue weighted by molar-refractivity contribution is -0.120. The number of nitrogens with zero attached hydrogens (tertiary/aromatic N) is 2. The summed E-state index contributed by atoms with van der Waals surface area (Å²) in [6, 6.07) is 8.26. The molecule has 0 aliphatic carbocycles. The van der Waals surface area contributed by atoms with Crippen molar-refractivity contribution in [2.45, 2.75) is 17.7 Å². The summed E-state index contributed by atoms with van der Waals surface area (Å²) in [5.74, 6) is -1.32. The number of sulfonamides is 1. The van der Waals surface area contributed by atoms with E-state index < -0.39 is 21.8 Å². The maximum Gasteiger partial charge on any atom is 0.243 e. The first-order chi connectivity index (χ1) is 12.4. The summed E-state index contributed by atoms with van der Waals surface area (Å²) in [5.41, 5.74) is 0.384. The van der Waals surface area contributed by atoms with Crippen LogP contribution in [-0.4, -0.2) is 31.7 Å². The molecule has 0 spiro atoms. The number of amides is 1. The molecule has 1 aliphatic rings. The molecule has 1 saturated heterocycles. The van der Waals surface area contributed by atoms with E-state index in [2.05, 4.69) is 5.32 Å². The fraction of sp³-hybridized carbons (Fsp3) is 0.294. The van der Waals surface area contributed by atoms with Gasteiger partial charge in [0, 0.05) is 13.1 Å². The van der Waals surface area contributed by atoms with Crippen molar-refractivity contribution in [1.82, 2.24) is 4.31 Å². The molecular weight excluding hydrogens is 377 g/mol. The van der Waals surface area contributed by atoms with Gasteiger partial charge < -0.3 is 5.32 Å². The third kappa shape index (κ3) is 3.77. The molecule has 26 heavy (non-hydrogen) atoms. The van der Waals surface area contributed by atoms with Gasteiger partial charge in [-0.3, -0.25) is 4.79 Å². The quantitative estimate of drug-likeness (QED) is 0.865. The lowest BCUT2D eigenvalue weighted by atomic mass is 9.99. The van der Waals surface area contributed by atoms with Gasteiger partial charge in [-0.15, -0.1) is 11.3 Å². The Morgan fingerprint density at radius 1 is 1.31 bits per heavy atom. The highest BCUT2D eigenvalue weighted by molar-refractivity contribution is 7.89. The highest BCUT2D eigenvalue weighted by Gasteiger charge is 2.33. The fourth-order valence-electron chi connectivity index (χ4n) is 2.84. The largest absolute Gasteiger partial charge is 0.316 e. The van der Waals surface area contributed by atoms with Crippen LogP contribution in [0.4, 0.5) is 9.39 Å². The zero-order chi connectivity index (χ0) is 18.7. The van der Waals surface area contributed by atoms with Crippen LogP contribution in [0.2, 0.25) is 0 Å². The highest BCUT2D eigenvalue weighted by Crippen LogP contribution is 2.27. The molecule has 0 unspecified atom stereocenters. The Morgan fingerprint density at radius 2 is 2.04 bits per heavy atom. The van der Waals surface area contributed by atoms with Gasteiger partial charge in [0.05, 0.1) is 16.4 Å². The minimum Gasteiger partial charge on any atom is -0.316 e. The first kappa shape index (κ1) is 18.5. The maximum atomic E-state index is 13.0. The van der Waals surface area contributed by atoms with Gasteiger partial charge in [-0.25, -0.2) is 12.8 Å². The smallest absolute Gasteiger partial charge is 0.243 e. The number of piperidine rings is 1. The number of anilines is 1. The van der Waals surface area contributed by atoms with Crippen molar-refractivity contribution >= 4 is 32.3 Å². The van der Waals surface area contributed by atoms with Crippen molar-refractivity contribution < 1.29 is 17.6 Å². The number of benzene rings is 1. The molecular formula is C17H16FN3O3S2. The number of halogens is 1. The van der Waals surface area contributed by atoms with E-state index in [-0.39, 0.29) is 17.3 Å². The van der Waals surface area contributed by atoms with Gasteiger partial charge in [-0.2, -0.15) is 9.57 Å². The predicted molar refractivity (Wildman–Crippen MR) is 95.5 cm³/mol. The predicted octanol–water partition coefficient (Wildman–Crippen LogP) is 2.80. The van der Waals surface area contributed by atoms with Gasteiger partial charge in [-0.05, 0) is 48.6 Å². The summed E-state index contributed by atoms with van der Waals surface area (Å²) < 4.78 is 39.7. The van der Waals surface area contributed by atoms with Crippen molar-refractivity contribution in [2.75, 3.05) is 18.4 Å². The third-order valence-corrected chi connectivity index (χ3v) is 6.94. The molecule has 2 heterocycles. The van der Waals surface area contributed by atoms with Gasteiger partial charge >= 0.3 is 0 Å². The molecule has 2 aromatic rings. The summed E-state index contributed by atoms with van der Waals surface area (Å²) >= 11 is 1.25. The molecule has 1 N–H and O–H groups in total. The van der Waals surface area contributed by atoms with E-state index in [1.807, 2.05) is 6.07 Å². The van der Waals surface area contributed by atoms with E-state index in [1.54, 1.807) is 11.4 Å². The fourth-order valence-corrected chi connectivity index (χ4v) is 5.10. The van der Waals surface area contributed by atoms with Crippen LogP contribution in [0.15, 0.2) is 40.6 Å². The van der Waals surface area contributed by atoms with Crippen molar-refractivity contribution in [3.05, 3.63) is 47.1 Å². The molecule has 0 saturated carbocycles. The van der Waals surface area contributed by atoms with E-state index in [0.717, 1.165) is 12.1 Å². The van der Waals surface area contributed by atoms with Crippen LogP contribution < -0.4 is 5.32 Å². The number of nitriles is 1. The molecule has 0 radical (unpaired) electrons. The molecule has 1 amide bonds. The molecule has 136 valence electrons. The summed E-state index contributed by atoms with van der Waals surface area (Å²) in [6.07, 6.45) is 1.11. The van der Waals surface area contributed by atoms with E-state index in [4.69, 9.17) is 5.26 Å². The average molecular weight is 393 g/mol. The van der Waals surface area contributed by atoms with Crippen molar-refractivity contribution in [3.63, 3.8) is 0 Å². The number of carbonyl (C=O) groups excluding carboxylic acids is 1. The number of nitrogens with one attached hydrogen (secondary N) is 1. The Labute approximate surface area is 154 Å². The van der Waals surface area contributed by atoms with Crippen LogP contribution in [0.25, 0.3) is 0 Å². The van der Waals surface area contributed by atoms with Gasteiger partial charge in [0.25, 0.3) is 0 Å². The number of thiophene rings is 1. The molecule has 1 aromatic carbocycles. The lowest BCUT2D eigenvalue weighted by Gasteiger charge is -2.31. The summed E-state index contributed by atoms with van der Waals surface area (Å²) in [7, 11) is -3.78. The van der Waals surface area contributed by atoms with Crippen LogP contribution in [0, 0.1) is 23.1 Å². The molecule has 6 nitrogen and oxygen atoms in total. The Kier molecular flexibility index (Phi) is 5.36. The van der Waals surface area contributed by atoms with Crippen LogP contribution in [0.5, 0.6) is 0 Å². The Bertz CT molecular complexity index is 948. The first-order valence-corrected chi connectivity index (χ1v) is 10.3. The second-order valence-electron chi connectivity index (χ2n) is 5.92. The number of hydrogen-bond donors (Lipinski definition) is 1. The second kappa shape index (κ2) is 7.53. The standard InChI is InChI=1S/C17H16FN3O3S2/c18-14-3-5-15(6-4-14)26(23,24)21-8-1-2-13(11-21)16(22)20-17-12(10-19)7-9-25-17/h3-7,9,13H,1-2,8,11H2,(H,20,22)/t13-/m0/s1. The number of carbonyl (C=O) groups is 1. The molecule has 3 rings (SSSR count). The molecule has 9 heteroatoms. The van der Waals surface area contributed by atoms with Gasteiger partial charge in [0.2, 0.25) is 15.9 Å². The molecule has 1 aromatic heterocycles. The van der Waals surface area contributed by atoms with Crippen molar-refractivity contribution in [3.8, 4) is 6.07 Å². The summed E-state index contributed by atoms with van der Waals surface area (Å²) in [6.45, 7) is 0.366. The maximum absolute atomic E-state index is 13.0. The Hall–Kier alpha value is -2.28. The van der Waals surface area contributed by atoms with Crippen molar-refractivity contribution in [1.29, 1.82) is 5.26 Å². The van der Waals surface area contributed by atoms with Gasteiger partial charge in [0.1, 0.15) is 16.9 Å². The molecule has 1 atom stereocenters. The zero-order valence-electron chi connectivity index (χ0n) is 13.7. The van der Waals surface area contributed by atoms with Crippen LogP contribution in [0.3, 0.4) is 0 Å². The van der Waals surface area contributed by atoms with Crippen LogP contribution >= 0.6 is 11.3 Å². The van der Waals surface area contributed by atoms with E-state index >= 15 is 0 Å². The van der Waals surface area contributed by atoms with Gasteiger partial charge in [0.15, 0.2) is 0 Å². The normalized spacial score (nSPS) is 18.2. The first-order valence-electron chi connectivity index (χ1n) is 7.96. The average Bonchev–Trinajstić information content (AvgIpc) is 3.09. The SMILES string of the molecule is N#Cc1ccsc1NC(=O)[C@H]1CCCN(S(=O)(=O)c2ccc(F)cc2)C1. The number of hydrogen-bond acceptors (Lipinski definition) is 5. The molecule has 0 bridgehead atoms. The monoisotopic (exact) mass is 393 g/mol. The van der Waals surface area contributed by atoms with Crippen LogP contribution in [0.1, 0.15) is 18.4 Å². The Morgan fingerprint density at radius 3 is 2.73 bits per heavy atom. The van der Waals surface area contributed by atoms with E-state index in [0.29, 0.717) is 30.0 Å². The van der Waals surface area contributed by atoms with Crippen LogP contribution in [-0.2, 0) is 14.8 Å². The zero-order valence-corrected chi connectivity index (χ0v) is 15.3. The minimum absolute atomic E-state index is 0.00461. The van der Waals surface area contributed by atoms with Gasteiger partial charge in [-0.1, -0.05) is 0 Å². The van der Waals surface area contributed by atoms with Crippen molar-refractivity contribution in [2.24, 2.45) is 5.92 Å². The minimum atomic E-state index is -3.78. The highest BCUT2D eigenvalue weighted by atomic mass is 32.2. The topological polar surface area (TPSA) is 90.3 Å². The van der Waals surface area contributed by atoms with E-state index in [9.17, 15) is 17.6 Å². The molecule has 1 fully saturated rings. The lowest BCUT2D eigenvalue weighted by Crippen LogP contribution is -2.43. The second-order valence-corrected chi connectivity index (χ2v) is 8.77. The van der Waals surface area contributed by atoms with E-state index in [1.165, 1.54) is 27.8 Å².